The summed E-state index contributed by atoms with van der Waals surface area (Å²) in [5.74, 6) is -0.114. The van der Waals surface area contributed by atoms with Gasteiger partial charge in [-0.25, -0.2) is 0 Å². The van der Waals surface area contributed by atoms with E-state index in [2.05, 4.69) is 4.98 Å². The zero-order valence-electron chi connectivity index (χ0n) is 8.72. The summed E-state index contributed by atoms with van der Waals surface area (Å²) in [6.07, 6.45) is 3.29. The molecule has 0 atom stereocenters. The maximum atomic E-state index is 11.6. The Morgan fingerprint density at radius 3 is 3.07 bits per heavy atom. The van der Waals surface area contributed by atoms with Crippen molar-refractivity contribution >= 4 is 11.6 Å². The second-order valence-electron chi connectivity index (χ2n) is 3.01. The monoisotopic (exact) mass is 209 g/mol. The van der Waals surface area contributed by atoms with Crippen LogP contribution in [0.4, 0.5) is 5.69 Å². The molecule has 15 heavy (non-hydrogen) atoms. The van der Waals surface area contributed by atoms with Crippen LogP contribution in [0.3, 0.4) is 0 Å². The summed E-state index contributed by atoms with van der Waals surface area (Å²) in [6, 6.07) is 3.59. The van der Waals surface area contributed by atoms with Gasteiger partial charge in [-0.15, -0.1) is 0 Å². The summed E-state index contributed by atoms with van der Waals surface area (Å²) >= 11 is 0. The predicted octanol–water partition coefficient (Wildman–Crippen LogP) is 0.0197. The standard InChI is InChI=1S/C10H15N3O2/c1-13(9-3-2-5-12-7-9)10(14)8-15-6-4-11/h2-3,5,7H,4,6,8,11H2,1H3. The summed E-state index contributed by atoms with van der Waals surface area (Å²) < 4.78 is 5.05. The van der Waals surface area contributed by atoms with Gasteiger partial charge in [0.1, 0.15) is 6.61 Å². The smallest absolute Gasteiger partial charge is 0.252 e. The number of carbonyl (C=O) groups is 1. The van der Waals surface area contributed by atoms with E-state index in [1.54, 1.807) is 25.5 Å². The van der Waals surface area contributed by atoms with Crippen molar-refractivity contribution in [3.63, 3.8) is 0 Å². The molecule has 1 aromatic heterocycles. The first kappa shape index (κ1) is 11.6. The van der Waals surface area contributed by atoms with E-state index >= 15 is 0 Å². The van der Waals surface area contributed by atoms with Gasteiger partial charge >= 0.3 is 0 Å². The van der Waals surface area contributed by atoms with Crippen LogP contribution in [0.15, 0.2) is 24.5 Å². The minimum atomic E-state index is -0.114. The molecule has 0 aliphatic rings. The molecule has 2 N–H and O–H groups in total. The minimum absolute atomic E-state index is 0.0442. The van der Waals surface area contributed by atoms with Gasteiger partial charge in [-0.2, -0.15) is 0 Å². The highest BCUT2D eigenvalue weighted by molar-refractivity contribution is 5.93. The number of carbonyl (C=O) groups excluding carboxylic acids is 1. The molecule has 1 amide bonds. The number of hydrogen-bond acceptors (Lipinski definition) is 4. The first-order valence-electron chi connectivity index (χ1n) is 4.70. The van der Waals surface area contributed by atoms with Crippen molar-refractivity contribution in [3.05, 3.63) is 24.5 Å². The van der Waals surface area contributed by atoms with E-state index in [1.165, 1.54) is 4.90 Å². The largest absolute Gasteiger partial charge is 0.370 e. The van der Waals surface area contributed by atoms with Gasteiger partial charge in [0.25, 0.3) is 5.91 Å². The molecule has 5 heteroatoms. The van der Waals surface area contributed by atoms with E-state index in [-0.39, 0.29) is 12.5 Å². The normalized spacial score (nSPS) is 10.0. The lowest BCUT2D eigenvalue weighted by molar-refractivity contribution is -0.122. The van der Waals surface area contributed by atoms with Crippen LogP contribution in [0.25, 0.3) is 0 Å². The highest BCUT2D eigenvalue weighted by atomic mass is 16.5. The van der Waals surface area contributed by atoms with Gasteiger partial charge in [0.2, 0.25) is 0 Å². The molecule has 0 saturated carbocycles. The van der Waals surface area contributed by atoms with Crippen LogP contribution in [-0.4, -0.2) is 37.7 Å². The SMILES string of the molecule is CN(C(=O)COCCN)c1cccnc1. The van der Waals surface area contributed by atoms with E-state index in [9.17, 15) is 4.79 Å². The number of pyridine rings is 1. The molecule has 0 aliphatic heterocycles. The molecule has 0 aliphatic carbocycles. The van der Waals surface area contributed by atoms with Crippen LogP contribution in [0.5, 0.6) is 0 Å². The van der Waals surface area contributed by atoms with Crippen LogP contribution >= 0.6 is 0 Å². The van der Waals surface area contributed by atoms with Crippen molar-refractivity contribution in [3.8, 4) is 0 Å². The summed E-state index contributed by atoms with van der Waals surface area (Å²) in [5, 5.41) is 0. The summed E-state index contributed by atoms with van der Waals surface area (Å²) in [7, 11) is 1.69. The first-order chi connectivity index (χ1) is 7.25. The minimum Gasteiger partial charge on any atom is -0.370 e. The van der Waals surface area contributed by atoms with Crippen molar-refractivity contribution < 1.29 is 9.53 Å². The Labute approximate surface area is 88.9 Å². The van der Waals surface area contributed by atoms with Gasteiger partial charge in [-0.1, -0.05) is 0 Å². The quantitative estimate of drug-likeness (QED) is 0.694. The van der Waals surface area contributed by atoms with Crippen LogP contribution in [0.2, 0.25) is 0 Å². The summed E-state index contributed by atoms with van der Waals surface area (Å²) in [5.41, 5.74) is 5.99. The number of ether oxygens (including phenoxy) is 1. The van der Waals surface area contributed by atoms with E-state index in [0.29, 0.717) is 13.2 Å². The van der Waals surface area contributed by atoms with Crippen molar-refractivity contribution in [2.45, 2.75) is 0 Å². The lowest BCUT2D eigenvalue weighted by Gasteiger charge is -2.16. The molecule has 1 aromatic rings. The third kappa shape index (κ3) is 3.65. The average molecular weight is 209 g/mol. The van der Waals surface area contributed by atoms with Crippen molar-refractivity contribution in [1.29, 1.82) is 0 Å². The molecule has 0 saturated heterocycles. The van der Waals surface area contributed by atoms with Gasteiger partial charge in [0, 0.05) is 19.8 Å². The second-order valence-corrected chi connectivity index (χ2v) is 3.01. The molecule has 0 fully saturated rings. The lowest BCUT2D eigenvalue weighted by atomic mass is 10.4. The van der Waals surface area contributed by atoms with Crippen molar-refractivity contribution in [2.24, 2.45) is 5.73 Å². The third-order valence-electron chi connectivity index (χ3n) is 1.90. The van der Waals surface area contributed by atoms with E-state index in [0.717, 1.165) is 5.69 Å². The highest BCUT2D eigenvalue weighted by Crippen LogP contribution is 2.08. The van der Waals surface area contributed by atoms with Gasteiger partial charge in [-0.3, -0.25) is 9.78 Å². The summed E-state index contributed by atoms with van der Waals surface area (Å²) in [4.78, 5) is 17.0. The van der Waals surface area contributed by atoms with Crippen molar-refractivity contribution in [2.75, 3.05) is 31.7 Å². The Kier molecular flexibility index (Phi) is 4.73. The summed E-state index contributed by atoms with van der Waals surface area (Å²) in [6.45, 7) is 0.860. The molecule has 1 heterocycles. The lowest BCUT2D eigenvalue weighted by Crippen LogP contribution is -2.30. The Morgan fingerprint density at radius 2 is 2.47 bits per heavy atom. The zero-order chi connectivity index (χ0) is 11.1. The van der Waals surface area contributed by atoms with Gasteiger partial charge in [-0.05, 0) is 12.1 Å². The van der Waals surface area contributed by atoms with Crippen LogP contribution in [0, 0.1) is 0 Å². The molecule has 0 spiro atoms. The van der Waals surface area contributed by atoms with E-state index in [1.807, 2.05) is 6.07 Å². The van der Waals surface area contributed by atoms with E-state index < -0.39 is 0 Å². The molecular formula is C10H15N3O2. The molecule has 82 valence electrons. The van der Waals surface area contributed by atoms with Gasteiger partial charge in [0.15, 0.2) is 0 Å². The molecule has 0 aromatic carbocycles. The number of anilines is 1. The predicted molar refractivity (Wildman–Crippen MR) is 57.5 cm³/mol. The molecule has 0 unspecified atom stereocenters. The van der Waals surface area contributed by atoms with Crippen LogP contribution in [-0.2, 0) is 9.53 Å². The maximum Gasteiger partial charge on any atom is 0.252 e. The number of likely N-dealkylation sites (N-methyl/N-ethyl adjacent to an activating group) is 1. The number of nitrogens with zero attached hydrogens (tertiary/aromatic N) is 2. The van der Waals surface area contributed by atoms with Crippen LogP contribution < -0.4 is 10.6 Å². The van der Waals surface area contributed by atoms with Crippen LogP contribution in [0.1, 0.15) is 0 Å². The molecule has 1 rings (SSSR count). The Balaban J connectivity index is 2.46. The fourth-order valence-corrected chi connectivity index (χ4v) is 1.04. The Morgan fingerprint density at radius 1 is 1.67 bits per heavy atom. The van der Waals surface area contributed by atoms with Gasteiger partial charge in [0.05, 0.1) is 18.5 Å². The molecular weight excluding hydrogens is 194 g/mol. The number of nitrogens with two attached hydrogens (primary N) is 1. The molecule has 0 radical (unpaired) electrons. The Hall–Kier alpha value is -1.46. The number of rotatable bonds is 5. The van der Waals surface area contributed by atoms with Crippen molar-refractivity contribution in [1.82, 2.24) is 4.98 Å². The Bertz CT molecular complexity index is 303. The zero-order valence-corrected chi connectivity index (χ0v) is 8.72. The first-order valence-corrected chi connectivity index (χ1v) is 4.70. The van der Waals surface area contributed by atoms with E-state index in [4.69, 9.17) is 10.5 Å². The number of amides is 1. The molecule has 0 bridgehead atoms. The number of aromatic nitrogens is 1. The topological polar surface area (TPSA) is 68.5 Å². The maximum absolute atomic E-state index is 11.6. The third-order valence-corrected chi connectivity index (χ3v) is 1.90. The number of hydrogen-bond donors (Lipinski definition) is 1. The average Bonchev–Trinajstić information content (AvgIpc) is 2.29. The highest BCUT2D eigenvalue weighted by Gasteiger charge is 2.10. The fourth-order valence-electron chi connectivity index (χ4n) is 1.04. The second kappa shape index (κ2) is 6.10. The fraction of sp³-hybridized carbons (Fsp3) is 0.400. The van der Waals surface area contributed by atoms with Gasteiger partial charge < -0.3 is 15.4 Å². The molecule has 5 nitrogen and oxygen atoms in total.